The Morgan fingerprint density at radius 1 is 1.00 bits per heavy atom. The summed E-state index contributed by atoms with van der Waals surface area (Å²) in [6.07, 6.45) is 0. The van der Waals surface area contributed by atoms with E-state index in [2.05, 4.69) is 0 Å². The summed E-state index contributed by atoms with van der Waals surface area (Å²) in [5.74, 6) is 2.06. The zero-order valence-corrected chi connectivity index (χ0v) is 6.19. The van der Waals surface area contributed by atoms with Crippen LogP contribution in [0.15, 0.2) is 24.3 Å². The van der Waals surface area contributed by atoms with E-state index in [0.717, 1.165) is 11.5 Å². The second-order valence-corrected chi connectivity index (χ2v) is 1.55. The molecule has 8 heavy (non-hydrogen) atoms. The molecule has 0 amide bonds. The molecule has 1 radical (unpaired) electrons. The van der Waals surface area contributed by atoms with Gasteiger partial charge in [0.1, 0.15) is 0 Å². The fraction of sp³-hybridized carbons (Fsp3) is 0. The van der Waals surface area contributed by atoms with Crippen molar-refractivity contribution in [2.75, 3.05) is 0 Å². The molecule has 0 bridgehead atoms. The summed E-state index contributed by atoms with van der Waals surface area (Å²) in [7, 11) is 0. The Morgan fingerprint density at radius 3 is 1.88 bits per heavy atom. The average molecular weight is 289 g/mol. The van der Waals surface area contributed by atoms with Crippen LogP contribution in [-0.2, 0) is 22.4 Å². The third-order valence-corrected chi connectivity index (χ3v) is 1.03. The van der Waals surface area contributed by atoms with Crippen molar-refractivity contribution in [1.82, 2.24) is 0 Å². The van der Waals surface area contributed by atoms with Crippen LogP contribution in [0.4, 0.5) is 0 Å². The molecule has 0 N–H and O–H groups in total. The van der Waals surface area contributed by atoms with Gasteiger partial charge in [0.2, 0.25) is 0 Å². The van der Waals surface area contributed by atoms with Crippen molar-refractivity contribution in [1.29, 1.82) is 0 Å². The van der Waals surface area contributed by atoms with Gasteiger partial charge >= 0.3 is 0 Å². The van der Waals surface area contributed by atoms with Crippen LogP contribution < -0.4 is 4.74 Å². The molecule has 0 aromatic heterocycles. The summed E-state index contributed by atoms with van der Waals surface area (Å²) in [4.78, 5) is 0. The van der Waals surface area contributed by atoms with E-state index in [9.17, 15) is 0 Å². The molecule has 0 unspecified atom stereocenters. The van der Waals surface area contributed by atoms with Crippen molar-refractivity contribution in [2.45, 2.75) is 0 Å². The van der Waals surface area contributed by atoms with Crippen LogP contribution in [0.1, 0.15) is 0 Å². The van der Waals surface area contributed by atoms with Crippen molar-refractivity contribution in [3.05, 3.63) is 24.3 Å². The minimum atomic E-state index is 0. The van der Waals surface area contributed by atoms with E-state index in [1.807, 2.05) is 24.3 Å². The fourth-order valence-corrected chi connectivity index (χ4v) is 0.611. The average Bonchev–Trinajstić information content (AvgIpc) is 2.41. The van der Waals surface area contributed by atoms with Gasteiger partial charge < -0.3 is 4.74 Å². The molecule has 0 saturated carbocycles. The fourth-order valence-electron chi connectivity index (χ4n) is 0.611. The first-order chi connectivity index (χ1) is 3.47. The topological polar surface area (TPSA) is 12.5 Å². The van der Waals surface area contributed by atoms with E-state index >= 15 is 0 Å². The molecule has 0 fully saturated rings. The van der Waals surface area contributed by atoms with Crippen molar-refractivity contribution in [2.24, 2.45) is 0 Å². The maximum Gasteiger partial charge on any atom is 0.170 e. The van der Waals surface area contributed by atoms with Crippen molar-refractivity contribution in [3.63, 3.8) is 0 Å². The Kier molecular flexibility index (Phi) is 1.43. The largest absolute Gasteiger partial charge is 0.450 e. The molecule has 0 aliphatic carbocycles. The molecule has 2 rings (SSSR count). The first-order valence-corrected chi connectivity index (χ1v) is 2.24. The molecule has 0 atom stereocenters. The van der Waals surface area contributed by atoms with Gasteiger partial charge in [-0.15, -0.1) is 0 Å². The van der Waals surface area contributed by atoms with E-state index in [1.54, 1.807) is 0 Å². The van der Waals surface area contributed by atoms with Crippen LogP contribution in [0.25, 0.3) is 0 Å². The summed E-state index contributed by atoms with van der Waals surface area (Å²) >= 11 is 0. The van der Waals surface area contributed by atoms with Crippen molar-refractivity contribution < 1.29 is 27.1 Å². The molecule has 1 nitrogen and oxygen atoms in total. The first kappa shape index (κ1) is 5.89. The molecule has 0 saturated heterocycles. The number of para-hydroxylation sites is 2. The van der Waals surface area contributed by atoms with Gasteiger partial charge in [0, 0.05) is 22.4 Å². The maximum atomic E-state index is 4.94. The van der Waals surface area contributed by atoms with Crippen molar-refractivity contribution in [3.8, 4) is 11.5 Å². The van der Waals surface area contributed by atoms with E-state index in [-0.39, 0.29) is 22.4 Å². The summed E-state index contributed by atoms with van der Waals surface area (Å²) in [6.45, 7) is 0. The van der Waals surface area contributed by atoms with Crippen LogP contribution >= 0.6 is 0 Å². The Balaban J connectivity index is 0.000000320. The first-order valence-electron chi connectivity index (χ1n) is 2.24. The Labute approximate surface area is 63.2 Å². The van der Waals surface area contributed by atoms with Gasteiger partial charge in [-0.25, -0.2) is 0 Å². The molecule has 1 aliphatic heterocycles. The molecular formula is C6H4AuO. The quantitative estimate of drug-likeness (QED) is 0.532. The Hall–Kier alpha value is -0.240. The normalized spacial score (nSPS) is 10.5. The number of fused-ring (bicyclic) bond motifs is 1. The van der Waals surface area contributed by atoms with Crippen LogP contribution in [-0.4, -0.2) is 0 Å². The van der Waals surface area contributed by atoms with Crippen LogP contribution in [0, 0.1) is 0 Å². The molecule has 2 heteroatoms. The molecule has 1 aromatic rings. The van der Waals surface area contributed by atoms with E-state index in [1.165, 1.54) is 0 Å². The van der Waals surface area contributed by atoms with Gasteiger partial charge in [0.25, 0.3) is 0 Å². The maximum absolute atomic E-state index is 4.94. The second kappa shape index (κ2) is 1.94. The molecule has 1 aromatic carbocycles. The van der Waals surface area contributed by atoms with Crippen LogP contribution in [0.2, 0.25) is 0 Å². The number of hydrogen-bond donors (Lipinski definition) is 0. The Morgan fingerprint density at radius 2 is 1.50 bits per heavy atom. The second-order valence-electron chi connectivity index (χ2n) is 1.55. The predicted molar refractivity (Wildman–Crippen MR) is 26.5 cm³/mol. The SMILES string of the molecule is [Au].c1ccc2c(c1)O2. The third-order valence-electron chi connectivity index (χ3n) is 1.03. The van der Waals surface area contributed by atoms with Gasteiger partial charge in [-0.3, -0.25) is 0 Å². The third kappa shape index (κ3) is 0.802. The van der Waals surface area contributed by atoms with Crippen LogP contribution in [0.5, 0.6) is 11.5 Å². The monoisotopic (exact) mass is 289 g/mol. The molecule has 45 valence electrons. The van der Waals surface area contributed by atoms with Gasteiger partial charge in [0.15, 0.2) is 11.5 Å². The van der Waals surface area contributed by atoms with E-state index in [0.29, 0.717) is 0 Å². The summed E-state index contributed by atoms with van der Waals surface area (Å²) in [6, 6.07) is 7.84. The minimum absolute atomic E-state index is 0. The predicted octanol–water partition coefficient (Wildman–Crippen LogP) is 1.79. The summed E-state index contributed by atoms with van der Waals surface area (Å²) < 4.78 is 4.94. The zero-order valence-electron chi connectivity index (χ0n) is 4.02. The molecule has 1 aliphatic rings. The van der Waals surface area contributed by atoms with Gasteiger partial charge in [-0.05, 0) is 12.1 Å². The number of rotatable bonds is 0. The summed E-state index contributed by atoms with van der Waals surface area (Å²) in [5.41, 5.74) is 0. The Bertz CT molecular complexity index is 176. The molecule has 1 heterocycles. The van der Waals surface area contributed by atoms with E-state index < -0.39 is 0 Å². The smallest absolute Gasteiger partial charge is 0.170 e. The van der Waals surface area contributed by atoms with Crippen molar-refractivity contribution >= 4 is 0 Å². The number of hydrogen-bond acceptors (Lipinski definition) is 1. The number of benzene rings is 1. The molecule has 0 spiro atoms. The number of ether oxygens (including phenoxy) is 1. The summed E-state index contributed by atoms with van der Waals surface area (Å²) in [5, 5.41) is 0. The van der Waals surface area contributed by atoms with Gasteiger partial charge in [-0.1, -0.05) is 12.1 Å². The van der Waals surface area contributed by atoms with E-state index in [4.69, 9.17) is 4.74 Å². The molecular weight excluding hydrogens is 285 g/mol. The standard InChI is InChI=1S/C6H4O.Au/c1-2-4-6-5(3-1)7-6;/h1-4H;. The van der Waals surface area contributed by atoms with Crippen LogP contribution in [0.3, 0.4) is 0 Å². The zero-order chi connectivity index (χ0) is 4.69. The van der Waals surface area contributed by atoms with Gasteiger partial charge in [0.05, 0.1) is 0 Å². The minimum Gasteiger partial charge on any atom is -0.450 e. The van der Waals surface area contributed by atoms with Gasteiger partial charge in [-0.2, -0.15) is 0 Å².